The fraction of sp³-hybridized carbons (Fsp3) is 0.786. The minimum absolute atomic E-state index is 0.520. The van der Waals surface area contributed by atoms with Crippen LogP contribution in [0.25, 0.3) is 0 Å². The first-order chi connectivity index (χ1) is 8.66. The van der Waals surface area contributed by atoms with Crippen molar-refractivity contribution in [2.45, 2.75) is 64.6 Å². The van der Waals surface area contributed by atoms with E-state index in [1.165, 1.54) is 42.9 Å². The van der Waals surface area contributed by atoms with Gasteiger partial charge in [-0.1, -0.05) is 33.1 Å². The summed E-state index contributed by atoms with van der Waals surface area (Å²) in [4.78, 5) is 7.13. The van der Waals surface area contributed by atoms with Gasteiger partial charge in [-0.05, 0) is 12.8 Å². The highest BCUT2D eigenvalue weighted by Gasteiger charge is 2.20. The van der Waals surface area contributed by atoms with E-state index in [0.717, 1.165) is 6.54 Å². The Bertz CT molecular complexity index is 356. The lowest BCUT2D eigenvalue weighted by molar-refractivity contribution is 0.427. The van der Waals surface area contributed by atoms with Gasteiger partial charge in [0, 0.05) is 31.1 Å². The van der Waals surface area contributed by atoms with Crippen LogP contribution in [-0.2, 0) is 6.54 Å². The van der Waals surface area contributed by atoms with Crippen LogP contribution in [0.5, 0.6) is 0 Å². The van der Waals surface area contributed by atoms with Crippen LogP contribution >= 0.6 is 11.3 Å². The number of rotatable bonds is 5. The summed E-state index contributed by atoms with van der Waals surface area (Å²) in [6, 6.07) is 1.22. The molecule has 0 radical (unpaired) electrons. The first-order valence-electron chi connectivity index (χ1n) is 7.07. The van der Waals surface area contributed by atoms with Crippen LogP contribution in [0.15, 0.2) is 5.38 Å². The lowest BCUT2D eigenvalue weighted by atomic mass is 9.95. The molecule has 3 nitrogen and oxygen atoms in total. The predicted octanol–water partition coefficient (Wildman–Crippen LogP) is 3.41. The van der Waals surface area contributed by atoms with Crippen LogP contribution in [0.1, 0.15) is 51.6 Å². The Kier molecular flexibility index (Phi) is 5.01. The van der Waals surface area contributed by atoms with E-state index in [9.17, 15) is 0 Å². The standard InChI is InChI=1S/C14H25N3S/c1-11(2)15-9-12-10-18-14(16-12)17(3)13-7-5-4-6-8-13/h10-11,13,15H,4-9H2,1-3H3. The molecule has 1 aromatic heterocycles. The molecule has 4 heteroatoms. The van der Waals surface area contributed by atoms with Gasteiger partial charge < -0.3 is 10.2 Å². The highest BCUT2D eigenvalue weighted by atomic mass is 32.1. The Morgan fingerprint density at radius 2 is 2.11 bits per heavy atom. The molecular formula is C14H25N3S. The highest BCUT2D eigenvalue weighted by molar-refractivity contribution is 7.13. The molecule has 1 aliphatic carbocycles. The smallest absolute Gasteiger partial charge is 0.185 e. The van der Waals surface area contributed by atoms with E-state index >= 15 is 0 Å². The average Bonchev–Trinajstić information content (AvgIpc) is 2.85. The second-order valence-electron chi connectivity index (χ2n) is 5.56. The molecule has 1 saturated carbocycles. The summed E-state index contributed by atoms with van der Waals surface area (Å²) in [6.45, 7) is 5.22. The number of anilines is 1. The van der Waals surface area contributed by atoms with Crippen molar-refractivity contribution in [1.82, 2.24) is 10.3 Å². The largest absolute Gasteiger partial charge is 0.348 e. The summed E-state index contributed by atoms with van der Waals surface area (Å²) >= 11 is 1.78. The van der Waals surface area contributed by atoms with E-state index < -0.39 is 0 Å². The van der Waals surface area contributed by atoms with Gasteiger partial charge in [0.1, 0.15) is 0 Å². The highest BCUT2D eigenvalue weighted by Crippen LogP contribution is 2.28. The van der Waals surface area contributed by atoms with Crippen molar-refractivity contribution in [2.24, 2.45) is 0 Å². The number of aromatic nitrogens is 1. The Morgan fingerprint density at radius 1 is 1.39 bits per heavy atom. The van der Waals surface area contributed by atoms with Crippen molar-refractivity contribution in [2.75, 3.05) is 11.9 Å². The Morgan fingerprint density at radius 3 is 2.78 bits per heavy atom. The van der Waals surface area contributed by atoms with Gasteiger partial charge in [-0.25, -0.2) is 4.98 Å². The normalized spacial score (nSPS) is 17.3. The summed E-state index contributed by atoms with van der Waals surface area (Å²) < 4.78 is 0. The van der Waals surface area contributed by atoms with Crippen molar-refractivity contribution in [3.05, 3.63) is 11.1 Å². The van der Waals surface area contributed by atoms with Crippen molar-refractivity contribution >= 4 is 16.5 Å². The zero-order valence-corrected chi connectivity index (χ0v) is 12.6. The second-order valence-corrected chi connectivity index (χ2v) is 6.40. The summed E-state index contributed by atoms with van der Waals surface area (Å²) in [5.74, 6) is 0. The molecule has 1 N–H and O–H groups in total. The van der Waals surface area contributed by atoms with E-state index in [1.807, 2.05) is 0 Å². The van der Waals surface area contributed by atoms with Gasteiger partial charge >= 0.3 is 0 Å². The molecule has 0 amide bonds. The fourth-order valence-corrected chi connectivity index (χ4v) is 3.34. The average molecular weight is 267 g/mol. The first kappa shape index (κ1) is 13.8. The van der Waals surface area contributed by atoms with Crippen molar-refractivity contribution in [3.63, 3.8) is 0 Å². The zero-order chi connectivity index (χ0) is 13.0. The van der Waals surface area contributed by atoms with E-state index in [2.05, 4.69) is 36.5 Å². The first-order valence-corrected chi connectivity index (χ1v) is 7.95. The summed E-state index contributed by atoms with van der Waals surface area (Å²) in [6.07, 6.45) is 6.82. The van der Waals surface area contributed by atoms with Gasteiger partial charge in [0.15, 0.2) is 5.13 Å². The number of nitrogens with zero attached hydrogens (tertiary/aromatic N) is 2. The molecule has 0 aromatic carbocycles. The molecular weight excluding hydrogens is 242 g/mol. The molecule has 18 heavy (non-hydrogen) atoms. The van der Waals surface area contributed by atoms with E-state index in [1.54, 1.807) is 11.3 Å². The lowest BCUT2D eigenvalue weighted by Gasteiger charge is -2.30. The Balaban J connectivity index is 1.91. The van der Waals surface area contributed by atoms with Gasteiger partial charge in [-0.3, -0.25) is 0 Å². The van der Waals surface area contributed by atoms with Crippen molar-refractivity contribution in [1.29, 1.82) is 0 Å². The maximum Gasteiger partial charge on any atom is 0.185 e. The van der Waals surface area contributed by atoms with Crippen LogP contribution in [-0.4, -0.2) is 24.1 Å². The second kappa shape index (κ2) is 6.53. The van der Waals surface area contributed by atoms with Crippen LogP contribution in [0, 0.1) is 0 Å². The molecule has 0 atom stereocenters. The lowest BCUT2D eigenvalue weighted by Crippen LogP contribution is -2.33. The van der Waals surface area contributed by atoms with Gasteiger partial charge in [0.05, 0.1) is 5.69 Å². The predicted molar refractivity (Wildman–Crippen MR) is 79.4 cm³/mol. The minimum atomic E-state index is 0.520. The molecule has 1 heterocycles. The molecule has 0 spiro atoms. The van der Waals surface area contributed by atoms with Crippen LogP contribution in [0.2, 0.25) is 0 Å². The molecule has 1 fully saturated rings. The van der Waals surface area contributed by atoms with Gasteiger partial charge in [-0.2, -0.15) is 0 Å². The summed E-state index contributed by atoms with van der Waals surface area (Å²) in [5, 5.41) is 6.79. The zero-order valence-electron chi connectivity index (χ0n) is 11.8. The van der Waals surface area contributed by atoms with Crippen molar-refractivity contribution < 1.29 is 0 Å². The van der Waals surface area contributed by atoms with Crippen LogP contribution < -0.4 is 10.2 Å². The number of thiazole rings is 1. The molecule has 1 aromatic rings. The molecule has 2 rings (SSSR count). The maximum absolute atomic E-state index is 4.74. The molecule has 0 saturated heterocycles. The summed E-state index contributed by atoms with van der Waals surface area (Å²) in [5.41, 5.74) is 1.17. The number of hydrogen-bond acceptors (Lipinski definition) is 4. The fourth-order valence-electron chi connectivity index (χ4n) is 2.47. The third-order valence-corrected chi connectivity index (χ3v) is 4.64. The Hall–Kier alpha value is -0.610. The quantitative estimate of drug-likeness (QED) is 0.886. The summed E-state index contributed by atoms with van der Waals surface area (Å²) in [7, 11) is 2.20. The van der Waals surface area contributed by atoms with Crippen LogP contribution in [0.4, 0.5) is 5.13 Å². The van der Waals surface area contributed by atoms with E-state index in [-0.39, 0.29) is 0 Å². The monoisotopic (exact) mass is 267 g/mol. The molecule has 0 bridgehead atoms. The SMILES string of the molecule is CC(C)NCc1csc(N(C)C2CCCCC2)n1. The topological polar surface area (TPSA) is 28.2 Å². The van der Waals surface area contributed by atoms with Crippen LogP contribution in [0.3, 0.4) is 0 Å². The van der Waals surface area contributed by atoms with Gasteiger partial charge in [0.25, 0.3) is 0 Å². The number of nitrogens with one attached hydrogen (secondary N) is 1. The minimum Gasteiger partial charge on any atom is -0.348 e. The van der Waals surface area contributed by atoms with Crippen molar-refractivity contribution in [3.8, 4) is 0 Å². The third-order valence-electron chi connectivity index (χ3n) is 3.66. The molecule has 0 unspecified atom stereocenters. The molecule has 0 aliphatic heterocycles. The number of hydrogen-bond donors (Lipinski definition) is 1. The third kappa shape index (κ3) is 3.69. The maximum atomic E-state index is 4.74. The molecule has 102 valence electrons. The van der Waals surface area contributed by atoms with E-state index in [0.29, 0.717) is 12.1 Å². The van der Waals surface area contributed by atoms with Gasteiger partial charge in [0.2, 0.25) is 0 Å². The van der Waals surface area contributed by atoms with Gasteiger partial charge in [-0.15, -0.1) is 11.3 Å². The molecule has 1 aliphatic rings. The Labute approximate surface area is 115 Å². The van der Waals surface area contributed by atoms with E-state index in [4.69, 9.17) is 4.98 Å².